The highest BCUT2D eigenvalue weighted by Gasteiger charge is 2.22. The Morgan fingerprint density at radius 3 is 3.00 bits per heavy atom. The molecule has 0 saturated carbocycles. The molecular formula is C15H23N3O2. The van der Waals surface area contributed by atoms with E-state index in [-0.39, 0.29) is 5.84 Å². The molecule has 0 radical (unpaired) electrons. The molecule has 110 valence electrons. The molecular weight excluding hydrogens is 254 g/mol. The number of ether oxygens (including phenoxy) is 1. The molecule has 1 aliphatic rings. The molecule has 0 aromatic heterocycles. The number of nitrogens with zero attached hydrogens (tertiary/aromatic N) is 2. The van der Waals surface area contributed by atoms with Crippen LogP contribution in [0.25, 0.3) is 0 Å². The fraction of sp³-hybridized carbons (Fsp3) is 0.533. The summed E-state index contributed by atoms with van der Waals surface area (Å²) in [6.45, 7) is 6.07. The van der Waals surface area contributed by atoms with Crippen molar-refractivity contribution >= 4 is 5.84 Å². The summed E-state index contributed by atoms with van der Waals surface area (Å²) in [5.41, 5.74) is 8.82. The molecule has 1 heterocycles. The zero-order valence-corrected chi connectivity index (χ0v) is 12.2. The highest BCUT2D eigenvalue weighted by Crippen LogP contribution is 2.20. The fourth-order valence-electron chi connectivity index (χ4n) is 2.76. The van der Waals surface area contributed by atoms with Crippen LogP contribution in [0.4, 0.5) is 0 Å². The molecule has 1 aromatic carbocycles. The lowest BCUT2D eigenvalue weighted by Crippen LogP contribution is -2.22. The first kappa shape index (κ1) is 14.8. The van der Waals surface area contributed by atoms with Crippen molar-refractivity contribution < 1.29 is 9.94 Å². The molecule has 0 amide bonds. The molecule has 0 spiro atoms. The zero-order valence-electron chi connectivity index (χ0n) is 12.2. The van der Waals surface area contributed by atoms with E-state index in [1.807, 2.05) is 12.1 Å². The predicted molar refractivity (Wildman–Crippen MR) is 78.9 cm³/mol. The van der Waals surface area contributed by atoms with Crippen LogP contribution >= 0.6 is 0 Å². The van der Waals surface area contributed by atoms with Crippen molar-refractivity contribution in [1.29, 1.82) is 0 Å². The molecule has 1 atom stereocenters. The van der Waals surface area contributed by atoms with Crippen molar-refractivity contribution in [3.63, 3.8) is 0 Å². The highest BCUT2D eigenvalue weighted by atomic mass is 16.5. The van der Waals surface area contributed by atoms with Gasteiger partial charge < -0.3 is 15.7 Å². The lowest BCUT2D eigenvalue weighted by atomic mass is 10.0. The number of methoxy groups -OCH3 is 1. The van der Waals surface area contributed by atoms with Gasteiger partial charge in [0.2, 0.25) is 0 Å². The number of benzene rings is 1. The summed E-state index contributed by atoms with van der Waals surface area (Å²) in [7, 11) is 1.76. The zero-order chi connectivity index (χ0) is 14.5. The van der Waals surface area contributed by atoms with E-state index in [0.717, 1.165) is 31.8 Å². The number of hydrogen-bond acceptors (Lipinski definition) is 4. The van der Waals surface area contributed by atoms with Crippen LogP contribution in [0.5, 0.6) is 0 Å². The lowest BCUT2D eigenvalue weighted by Gasteiger charge is -2.18. The summed E-state index contributed by atoms with van der Waals surface area (Å²) in [6.07, 6.45) is 1.20. The second-order valence-corrected chi connectivity index (χ2v) is 5.47. The van der Waals surface area contributed by atoms with Crippen LogP contribution in [-0.2, 0) is 11.3 Å². The average molecular weight is 277 g/mol. The maximum atomic E-state index is 8.70. The van der Waals surface area contributed by atoms with E-state index in [4.69, 9.17) is 15.7 Å². The summed E-state index contributed by atoms with van der Waals surface area (Å²) in [5.74, 6) is 0.803. The van der Waals surface area contributed by atoms with Gasteiger partial charge in [-0.2, -0.15) is 0 Å². The summed E-state index contributed by atoms with van der Waals surface area (Å²) in [4.78, 5) is 2.45. The third kappa shape index (κ3) is 3.49. The standard InChI is InChI=1S/C15H23N3O2/c1-11-7-13(15(16)17-19)3-4-14(11)9-18-6-5-12(8-18)10-20-2/h3-4,7,12,19H,5-6,8-10H2,1-2H3,(H2,16,17). The second kappa shape index (κ2) is 6.72. The number of rotatable bonds is 5. The van der Waals surface area contributed by atoms with Gasteiger partial charge in [0.15, 0.2) is 5.84 Å². The molecule has 3 N–H and O–H groups in total. The first-order chi connectivity index (χ1) is 9.63. The average Bonchev–Trinajstić information content (AvgIpc) is 2.88. The normalized spacial score (nSPS) is 20.5. The van der Waals surface area contributed by atoms with Gasteiger partial charge in [-0.05, 0) is 43.0 Å². The van der Waals surface area contributed by atoms with Crippen LogP contribution in [0, 0.1) is 12.8 Å². The minimum atomic E-state index is 0.154. The van der Waals surface area contributed by atoms with Gasteiger partial charge in [0, 0.05) is 25.8 Å². The lowest BCUT2D eigenvalue weighted by molar-refractivity contribution is 0.152. The Labute approximate surface area is 120 Å². The minimum absolute atomic E-state index is 0.154. The molecule has 0 bridgehead atoms. The molecule has 1 unspecified atom stereocenters. The summed E-state index contributed by atoms with van der Waals surface area (Å²) < 4.78 is 5.23. The quantitative estimate of drug-likeness (QED) is 0.371. The van der Waals surface area contributed by atoms with Gasteiger partial charge in [0.05, 0.1) is 6.61 Å². The number of oxime groups is 1. The second-order valence-electron chi connectivity index (χ2n) is 5.47. The Bertz CT molecular complexity index is 488. The smallest absolute Gasteiger partial charge is 0.170 e. The molecule has 5 heteroatoms. The summed E-state index contributed by atoms with van der Waals surface area (Å²) in [5, 5.41) is 11.7. The van der Waals surface area contributed by atoms with Crippen LogP contribution < -0.4 is 5.73 Å². The van der Waals surface area contributed by atoms with Crippen LogP contribution in [0.15, 0.2) is 23.4 Å². The first-order valence-electron chi connectivity index (χ1n) is 6.92. The van der Waals surface area contributed by atoms with Crippen LogP contribution in [0.2, 0.25) is 0 Å². The van der Waals surface area contributed by atoms with Gasteiger partial charge in [-0.25, -0.2) is 0 Å². The molecule has 5 nitrogen and oxygen atoms in total. The van der Waals surface area contributed by atoms with Gasteiger partial charge >= 0.3 is 0 Å². The summed E-state index contributed by atoms with van der Waals surface area (Å²) in [6, 6.07) is 5.93. The van der Waals surface area contributed by atoms with E-state index in [1.165, 1.54) is 17.5 Å². The van der Waals surface area contributed by atoms with E-state index >= 15 is 0 Å². The Morgan fingerprint density at radius 2 is 2.35 bits per heavy atom. The number of aryl methyl sites for hydroxylation is 1. The van der Waals surface area contributed by atoms with E-state index in [0.29, 0.717) is 5.92 Å². The van der Waals surface area contributed by atoms with Crippen LogP contribution in [0.3, 0.4) is 0 Å². The van der Waals surface area contributed by atoms with Crippen LogP contribution in [-0.4, -0.2) is 42.7 Å². The van der Waals surface area contributed by atoms with Crippen molar-refractivity contribution in [2.75, 3.05) is 26.8 Å². The molecule has 1 saturated heterocycles. The van der Waals surface area contributed by atoms with E-state index in [2.05, 4.69) is 23.0 Å². The van der Waals surface area contributed by atoms with Crippen LogP contribution in [0.1, 0.15) is 23.1 Å². The van der Waals surface area contributed by atoms with Crippen molar-refractivity contribution in [1.82, 2.24) is 4.90 Å². The molecule has 1 aliphatic heterocycles. The maximum Gasteiger partial charge on any atom is 0.170 e. The number of nitrogens with two attached hydrogens (primary N) is 1. The number of amidine groups is 1. The first-order valence-corrected chi connectivity index (χ1v) is 6.92. The number of likely N-dealkylation sites (tertiary alicyclic amines) is 1. The Morgan fingerprint density at radius 1 is 1.55 bits per heavy atom. The Kier molecular flexibility index (Phi) is 4.98. The molecule has 1 aromatic rings. The van der Waals surface area contributed by atoms with Gasteiger partial charge in [-0.3, -0.25) is 4.90 Å². The van der Waals surface area contributed by atoms with Gasteiger partial charge in [0.25, 0.3) is 0 Å². The van der Waals surface area contributed by atoms with Crippen molar-refractivity contribution in [2.45, 2.75) is 19.9 Å². The predicted octanol–water partition coefficient (Wildman–Crippen LogP) is 1.56. The monoisotopic (exact) mass is 277 g/mol. The topological polar surface area (TPSA) is 71.1 Å². The van der Waals surface area contributed by atoms with E-state index in [9.17, 15) is 0 Å². The number of hydrogen-bond donors (Lipinski definition) is 2. The molecule has 20 heavy (non-hydrogen) atoms. The minimum Gasteiger partial charge on any atom is -0.409 e. The summed E-state index contributed by atoms with van der Waals surface area (Å²) >= 11 is 0. The van der Waals surface area contributed by atoms with Gasteiger partial charge in [-0.15, -0.1) is 0 Å². The van der Waals surface area contributed by atoms with Crippen molar-refractivity contribution in [3.05, 3.63) is 34.9 Å². The van der Waals surface area contributed by atoms with Gasteiger partial charge in [0.1, 0.15) is 0 Å². The Hall–Kier alpha value is -1.59. The Balaban J connectivity index is 2.00. The van der Waals surface area contributed by atoms with E-state index in [1.54, 1.807) is 7.11 Å². The third-order valence-electron chi connectivity index (χ3n) is 3.91. The third-order valence-corrected chi connectivity index (χ3v) is 3.91. The van der Waals surface area contributed by atoms with Crippen molar-refractivity contribution in [3.8, 4) is 0 Å². The SMILES string of the molecule is COCC1CCN(Cc2ccc(/C(N)=N/O)cc2C)C1. The fourth-order valence-corrected chi connectivity index (χ4v) is 2.76. The molecule has 2 rings (SSSR count). The highest BCUT2D eigenvalue weighted by molar-refractivity contribution is 5.97. The van der Waals surface area contributed by atoms with Gasteiger partial charge in [-0.1, -0.05) is 17.3 Å². The largest absolute Gasteiger partial charge is 0.409 e. The van der Waals surface area contributed by atoms with E-state index < -0.39 is 0 Å². The van der Waals surface area contributed by atoms with Crippen molar-refractivity contribution in [2.24, 2.45) is 16.8 Å². The maximum absolute atomic E-state index is 8.70. The molecule has 1 fully saturated rings. The molecule has 0 aliphatic carbocycles.